The Morgan fingerprint density at radius 3 is 2.65 bits per heavy atom. The minimum Gasteiger partial charge on any atom is -0.393 e. The lowest BCUT2D eigenvalue weighted by Crippen LogP contribution is -2.45. The highest BCUT2D eigenvalue weighted by Gasteiger charge is 2.33. The SMILES string of the molecule is CCNC(=NCc1nc(C(F)(F)F)cs1)NC1CCC(O)CC1. The van der Waals surface area contributed by atoms with Crippen LogP contribution in [0.25, 0.3) is 0 Å². The fourth-order valence-corrected chi connectivity index (χ4v) is 3.12. The van der Waals surface area contributed by atoms with Crippen LogP contribution >= 0.6 is 11.3 Å². The van der Waals surface area contributed by atoms with Gasteiger partial charge in [0.2, 0.25) is 0 Å². The summed E-state index contributed by atoms with van der Waals surface area (Å²) in [5.41, 5.74) is -0.869. The monoisotopic (exact) mass is 350 g/mol. The Morgan fingerprint density at radius 1 is 1.39 bits per heavy atom. The summed E-state index contributed by atoms with van der Waals surface area (Å²) in [4.78, 5) is 7.87. The fourth-order valence-electron chi connectivity index (χ4n) is 2.39. The lowest BCUT2D eigenvalue weighted by atomic mass is 9.93. The van der Waals surface area contributed by atoms with Gasteiger partial charge in [0.15, 0.2) is 11.7 Å². The minimum absolute atomic E-state index is 0.103. The molecule has 0 radical (unpaired) electrons. The van der Waals surface area contributed by atoms with E-state index < -0.39 is 11.9 Å². The average Bonchev–Trinajstić information content (AvgIpc) is 2.96. The van der Waals surface area contributed by atoms with Gasteiger partial charge < -0.3 is 15.7 Å². The maximum absolute atomic E-state index is 12.5. The second-order valence-electron chi connectivity index (χ2n) is 5.47. The van der Waals surface area contributed by atoms with Gasteiger partial charge in [0.1, 0.15) is 5.01 Å². The molecule has 0 aromatic carbocycles. The van der Waals surface area contributed by atoms with Gasteiger partial charge in [-0.1, -0.05) is 0 Å². The van der Waals surface area contributed by atoms with Gasteiger partial charge in [0.05, 0.1) is 12.6 Å². The highest BCUT2D eigenvalue weighted by Crippen LogP contribution is 2.30. The predicted molar refractivity (Wildman–Crippen MR) is 83.3 cm³/mol. The molecule has 2 rings (SSSR count). The van der Waals surface area contributed by atoms with E-state index in [4.69, 9.17) is 0 Å². The molecule has 1 aliphatic carbocycles. The summed E-state index contributed by atoms with van der Waals surface area (Å²) in [5.74, 6) is 0.567. The number of rotatable bonds is 4. The molecule has 5 nitrogen and oxygen atoms in total. The Morgan fingerprint density at radius 2 is 2.09 bits per heavy atom. The molecule has 1 aromatic heterocycles. The summed E-state index contributed by atoms with van der Waals surface area (Å²) < 4.78 is 37.6. The van der Waals surface area contributed by atoms with Crippen LogP contribution in [0.3, 0.4) is 0 Å². The van der Waals surface area contributed by atoms with Crippen molar-refractivity contribution in [2.75, 3.05) is 6.54 Å². The summed E-state index contributed by atoms with van der Waals surface area (Å²) in [6.07, 6.45) is -1.45. The topological polar surface area (TPSA) is 69.5 Å². The summed E-state index contributed by atoms with van der Waals surface area (Å²) >= 11 is 0.956. The lowest BCUT2D eigenvalue weighted by molar-refractivity contribution is -0.140. The molecule has 0 unspecified atom stereocenters. The van der Waals surface area contributed by atoms with Crippen molar-refractivity contribution >= 4 is 17.3 Å². The fraction of sp³-hybridized carbons (Fsp3) is 0.714. The van der Waals surface area contributed by atoms with Gasteiger partial charge in [0, 0.05) is 18.0 Å². The minimum atomic E-state index is -4.41. The van der Waals surface area contributed by atoms with E-state index in [1.54, 1.807) is 0 Å². The maximum atomic E-state index is 12.5. The number of hydrogen-bond acceptors (Lipinski definition) is 4. The summed E-state index contributed by atoms with van der Waals surface area (Å²) in [6.45, 7) is 2.69. The van der Waals surface area contributed by atoms with Crippen LogP contribution < -0.4 is 10.6 Å². The molecular weight excluding hydrogens is 329 g/mol. The molecule has 0 atom stereocenters. The molecule has 0 aliphatic heterocycles. The number of guanidine groups is 1. The quantitative estimate of drug-likeness (QED) is 0.576. The van der Waals surface area contributed by atoms with Crippen LogP contribution in [0.1, 0.15) is 43.3 Å². The van der Waals surface area contributed by atoms with Crippen molar-refractivity contribution in [1.82, 2.24) is 15.6 Å². The second kappa shape index (κ2) is 7.96. The molecular formula is C14H21F3N4OS. The number of halogens is 3. The zero-order valence-electron chi connectivity index (χ0n) is 12.9. The maximum Gasteiger partial charge on any atom is 0.434 e. The van der Waals surface area contributed by atoms with Crippen molar-refractivity contribution in [2.45, 2.75) is 57.5 Å². The first kappa shape index (κ1) is 18.0. The van der Waals surface area contributed by atoms with Gasteiger partial charge in [-0.3, -0.25) is 0 Å². The van der Waals surface area contributed by atoms with E-state index >= 15 is 0 Å². The Labute approximate surface area is 137 Å². The van der Waals surface area contributed by atoms with Gasteiger partial charge in [-0.05, 0) is 32.6 Å². The van der Waals surface area contributed by atoms with Crippen LogP contribution in [0.15, 0.2) is 10.4 Å². The van der Waals surface area contributed by atoms with Crippen molar-refractivity contribution in [2.24, 2.45) is 4.99 Å². The number of aliphatic hydroxyl groups excluding tert-OH is 1. The number of hydrogen-bond donors (Lipinski definition) is 3. The Hall–Kier alpha value is -1.35. The molecule has 1 aliphatic rings. The summed E-state index contributed by atoms with van der Waals surface area (Å²) in [5, 5.41) is 17.2. The normalized spacial score (nSPS) is 22.9. The number of aliphatic imine (C=N–C) groups is 1. The number of aromatic nitrogens is 1. The third-order valence-corrected chi connectivity index (χ3v) is 4.43. The molecule has 130 valence electrons. The average molecular weight is 350 g/mol. The first-order valence-electron chi connectivity index (χ1n) is 7.63. The van der Waals surface area contributed by atoms with E-state index in [9.17, 15) is 18.3 Å². The van der Waals surface area contributed by atoms with Gasteiger partial charge in [0.25, 0.3) is 0 Å². The predicted octanol–water partition coefficient (Wildman–Crippen LogP) is 2.52. The molecule has 0 saturated heterocycles. The van der Waals surface area contributed by atoms with E-state index in [0.717, 1.165) is 42.4 Å². The molecule has 0 spiro atoms. The van der Waals surface area contributed by atoms with E-state index in [-0.39, 0.29) is 18.7 Å². The van der Waals surface area contributed by atoms with Gasteiger partial charge >= 0.3 is 6.18 Å². The molecule has 0 amide bonds. The third kappa shape index (κ3) is 5.65. The number of nitrogens with zero attached hydrogens (tertiary/aromatic N) is 2. The highest BCUT2D eigenvalue weighted by molar-refractivity contribution is 7.09. The molecule has 1 saturated carbocycles. The summed E-state index contributed by atoms with van der Waals surface area (Å²) in [6, 6.07) is 0.221. The van der Waals surface area contributed by atoms with E-state index in [1.165, 1.54) is 0 Å². The molecule has 23 heavy (non-hydrogen) atoms. The Kier molecular flexibility index (Phi) is 6.23. The van der Waals surface area contributed by atoms with Crippen LogP contribution in [0, 0.1) is 0 Å². The van der Waals surface area contributed by atoms with Crippen LogP contribution in [0.2, 0.25) is 0 Å². The van der Waals surface area contributed by atoms with Crippen molar-refractivity contribution < 1.29 is 18.3 Å². The first-order chi connectivity index (χ1) is 10.9. The van der Waals surface area contributed by atoms with Crippen LogP contribution in [-0.2, 0) is 12.7 Å². The molecule has 1 aromatic rings. The van der Waals surface area contributed by atoms with Crippen LogP contribution in [0.5, 0.6) is 0 Å². The molecule has 1 heterocycles. The molecule has 1 fully saturated rings. The van der Waals surface area contributed by atoms with Gasteiger partial charge in [-0.15, -0.1) is 11.3 Å². The highest BCUT2D eigenvalue weighted by atomic mass is 32.1. The second-order valence-corrected chi connectivity index (χ2v) is 6.41. The van der Waals surface area contributed by atoms with Crippen molar-refractivity contribution in [3.8, 4) is 0 Å². The molecule has 9 heteroatoms. The van der Waals surface area contributed by atoms with Gasteiger partial charge in [-0.2, -0.15) is 13.2 Å². The van der Waals surface area contributed by atoms with Crippen LogP contribution in [0.4, 0.5) is 13.2 Å². The van der Waals surface area contributed by atoms with Crippen LogP contribution in [-0.4, -0.2) is 34.7 Å². The number of aliphatic hydroxyl groups is 1. The Balaban J connectivity index is 1.94. The lowest BCUT2D eigenvalue weighted by Gasteiger charge is -2.27. The van der Waals surface area contributed by atoms with E-state index in [0.29, 0.717) is 17.5 Å². The van der Waals surface area contributed by atoms with E-state index in [2.05, 4.69) is 20.6 Å². The van der Waals surface area contributed by atoms with Crippen molar-refractivity contribution in [3.05, 3.63) is 16.1 Å². The van der Waals surface area contributed by atoms with Gasteiger partial charge in [-0.25, -0.2) is 9.98 Å². The van der Waals surface area contributed by atoms with Crippen molar-refractivity contribution in [3.63, 3.8) is 0 Å². The molecule has 3 N–H and O–H groups in total. The zero-order chi connectivity index (χ0) is 16.9. The summed E-state index contributed by atoms with van der Waals surface area (Å²) in [7, 11) is 0. The zero-order valence-corrected chi connectivity index (χ0v) is 13.7. The molecule has 0 bridgehead atoms. The first-order valence-corrected chi connectivity index (χ1v) is 8.51. The largest absolute Gasteiger partial charge is 0.434 e. The number of nitrogens with one attached hydrogen (secondary N) is 2. The van der Waals surface area contributed by atoms with E-state index in [1.807, 2.05) is 6.92 Å². The standard InChI is InChI=1S/C14H21F3N4OS/c1-2-18-13(20-9-3-5-10(22)6-4-9)19-7-12-21-11(8-23-12)14(15,16)17/h8-10,22H,2-7H2,1H3,(H2,18,19,20). The number of thiazole rings is 1. The third-order valence-electron chi connectivity index (χ3n) is 3.60. The smallest absolute Gasteiger partial charge is 0.393 e. The number of alkyl halides is 3. The Bertz CT molecular complexity index is 524. The van der Waals surface area contributed by atoms with Crippen molar-refractivity contribution in [1.29, 1.82) is 0 Å².